The van der Waals surface area contributed by atoms with Crippen molar-refractivity contribution in [2.45, 2.75) is 13.0 Å². The summed E-state index contributed by atoms with van der Waals surface area (Å²) in [6.07, 6.45) is 0. The first-order valence-corrected chi connectivity index (χ1v) is 6.31. The second-order valence-corrected chi connectivity index (χ2v) is 4.74. The van der Waals surface area contributed by atoms with Crippen molar-refractivity contribution >= 4 is 11.6 Å². The first kappa shape index (κ1) is 14.3. The summed E-state index contributed by atoms with van der Waals surface area (Å²) in [4.78, 5) is 0. The van der Waals surface area contributed by atoms with Crippen molar-refractivity contribution in [3.05, 3.63) is 58.4 Å². The Balaban J connectivity index is 2.27. The van der Waals surface area contributed by atoms with Crippen LogP contribution < -0.4 is 10.5 Å². The smallest absolute Gasteiger partial charge is 0.167 e. The van der Waals surface area contributed by atoms with Crippen molar-refractivity contribution in [2.24, 2.45) is 5.73 Å². The van der Waals surface area contributed by atoms with Gasteiger partial charge in [-0.05, 0) is 42.8 Å². The zero-order chi connectivity index (χ0) is 14.7. The largest absolute Gasteiger partial charge is 0.454 e. The van der Waals surface area contributed by atoms with Crippen LogP contribution in [0, 0.1) is 17.1 Å². The van der Waals surface area contributed by atoms with Gasteiger partial charge in [-0.3, -0.25) is 0 Å². The molecule has 1 atom stereocenters. The number of ether oxygens (including phenoxy) is 1. The summed E-state index contributed by atoms with van der Waals surface area (Å²) in [6, 6.07) is 10.7. The molecule has 0 heterocycles. The fourth-order valence-electron chi connectivity index (χ4n) is 1.72. The number of nitriles is 1. The number of halogens is 2. The van der Waals surface area contributed by atoms with Gasteiger partial charge in [-0.25, -0.2) is 4.39 Å². The number of nitrogens with two attached hydrogens (primary N) is 1. The van der Waals surface area contributed by atoms with Crippen LogP contribution in [0.25, 0.3) is 0 Å². The minimum absolute atomic E-state index is 0.0358. The van der Waals surface area contributed by atoms with E-state index in [4.69, 9.17) is 27.3 Å². The summed E-state index contributed by atoms with van der Waals surface area (Å²) in [5, 5.41) is 9.14. The van der Waals surface area contributed by atoms with Gasteiger partial charge in [0.1, 0.15) is 5.75 Å². The third kappa shape index (κ3) is 3.08. The molecule has 0 aliphatic rings. The predicted octanol–water partition coefficient (Wildman–Crippen LogP) is 4.16. The lowest BCUT2D eigenvalue weighted by Gasteiger charge is -2.11. The van der Waals surface area contributed by atoms with Gasteiger partial charge in [0, 0.05) is 11.1 Å². The monoisotopic (exact) mass is 290 g/mol. The van der Waals surface area contributed by atoms with Crippen LogP contribution in [0.3, 0.4) is 0 Å². The van der Waals surface area contributed by atoms with Gasteiger partial charge in [-0.1, -0.05) is 17.7 Å². The fraction of sp³-hybridized carbons (Fsp3) is 0.133. The van der Waals surface area contributed by atoms with E-state index in [1.165, 1.54) is 12.1 Å². The highest BCUT2D eigenvalue weighted by Gasteiger charge is 2.09. The summed E-state index contributed by atoms with van der Waals surface area (Å²) in [5.74, 6) is -0.159. The van der Waals surface area contributed by atoms with Crippen molar-refractivity contribution in [3.63, 3.8) is 0 Å². The molecule has 20 heavy (non-hydrogen) atoms. The van der Waals surface area contributed by atoms with E-state index in [0.29, 0.717) is 10.8 Å². The van der Waals surface area contributed by atoms with E-state index in [0.717, 1.165) is 11.6 Å². The first-order valence-electron chi connectivity index (χ1n) is 5.94. The van der Waals surface area contributed by atoms with Gasteiger partial charge in [-0.15, -0.1) is 0 Å². The average Bonchev–Trinajstić information content (AvgIpc) is 2.40. The highest BCUT2D eigenvalue weighted by molar-refractivity contribution is 6.31. The zero-order valence-electron chi connectivity index (χ0n) is 10.7. The Morgan fingerprint density at radius 2 is 2.05 bits per heavy atom. The molecular formula is C15H12ClFN2O. The number of hydrogen-bond acceptors (Lipinski definition) is 3. The molecule has 0 aliphatic heterocycles. The van der Waals surface area contributed by atoms with E-state index in [-0.39, 0.29) is 17.4 Å². The molecule has 0 aromatic heterocycles. The first-order chi connectivity index (χ1) is 9.51. The van der Waals surface area contributed by atoms with Gasteiger partial charge in [0.05, 0.1) is 11.6 Å². The molecule has 3 nitrogen and oxygen atoms in total. The molecule has 0 spiro atoms. The van der Waals surface area contributed by atoms with Crippen molar-refractivity contribution < 1.29 is 9.13 Å². The third-order valence-electron chi connectivity index (χ3n) is 2.75. The molecular weight excluding hydrogens is 279 g/mol. The number of rotatable bonds is 3. The Morgan fingerprint density at radius 1 is 1.30 bits per heavy atom. The quantitative estimate of drug-likeness (QED) is 0.923. The Hall–Kier alpha value is -2.09. The van der Waals surface area contributed by atoms with Crippen LogP contribution in [0.15, 0.2) is 36.4 Å². The van der Waals surface area contributed by atoms with Crippen LogP contribution in [0.1, 0.15) is 24.1 Å². The van der Waals surface area contributed by atoms with Gasteiger partial charge in [0.2, 0.25) is 0 Å². The Labute approximate surface area is 121 Å². The second kappa shape index (κ2) is 5.91. The maximum absolute atomic E-state index is 13.7. The summed E-state index contributed by atoms with van der Waals surface area (Å²) < 4.78 is 19.1. The van der Waals surface area contributed by atoms with Gasteiger partial charge in [0.25, 0.3) is 0 Å². The molecule has 0 aliphatic carbocycles. The molecule has 5 heteroatoms. The maximum atomic E-state index is 13.7. The third-order valence-corrected chi connectivity index (χ3v) is 3.08. The minimum atomic E-state index is -0.601. The molecule has 2 N–H and O–H groups in total. The van der Waals surface area contributed by atoms with Crippen LogP contribution >= 0.6 is 11.6 Å². The predicted molar refractivity (Wildman–Crippen MR) is 75.2 cm³/mol. The summed E-state index contributed by atoms with van der Waals surface area (Å²) in [5.41, 5.74) is 6.78. The lowest BCUT2D eigenvalue weighted by atomic mass is 10.1. The molecule has 0 bridgehead atoms. The highest BCUT2D eigenvalue weighted by atomic mass is 35.5. The standard InChI is InChI=1S/C15H12ClFN2O/c1-9(19)12-4-3-11(7-13(12)16)20-15-5-2-10(8-18)6-14(15)17/h2-7,9H,19H2,1H3. The van der Waals surface area contributed by atoms with Crippen molar-refractivity contribution in [3.8, 4) is 17.6 Å². The summed E-state index contributed by atoms with van der Waals surface area (Å²) in [7, 11) is 0. The summed E-state index contributed by atoms with van der Waals surface area (Å²) >= 11 is 6.08. The van der Waals surface area contributed by atoms with Crippen molar-refractivity contribution in [1.29, 1.82) is 5.26 Å². The zero-order valence-corrected chi connectivity index (χ0v) is 11.5. The van der Waals surface area contributed by atoms with Crippen LogP contribution in [0.4, 0.5) is 4.39 Å². The molecule has 0 saturated carbocycles. The van der Waals surface area contributed by atoms with Crippen LogP contribution in [0.5, 0.6) is 11.5 Å². The van der Waals surface area contributed by atoms with E-state index in [1.54, 1.807) is 18.2 Å². The lowest BCUT2D eigenvalue weighted by Crippen LogP contribution is -2.05. The summed E-state index contributed by atoms with van der Waals surface area (Å²) in [6.45, 7) is 1.82. The molecule has 2 aromatic carbocycles. The maximum Gasteiger partial charge on any atom is 0.167 e. The minimum Gasteiger partial charge on any atom is -0.454 e. The molecule has 2 rings (SSSR count). The topological polar surface area (TPSA) is 59.0 Å². The van der Waals surface area contributed by atoms with E-state index < -0.39 is 5.82 Å². The number of hydrogen-bond donors (Lipinski definition) is 1. The lowest BCUT2D eigenvalue weighted by molar-refractivity contribution is 0.442. The Kier molecular flexibility index (Phi) is 4.23. The molecule has 0 amide bonds. The highest BCUT2D eigenvalue weighted by Crippen LogP contribution is 2.30. The van der Waals surface area contributed by atoms with Crippen molar-refractivity contribution in [2.75, 3.05) is 0 Å². The Bertz CT molecular complexity index is 680. The molecule has 2 aromatic rings. The number of benzene rings is 2. The number of nitrogens with zero attached hydrogens (tertiary/aromatic N) is 1. The second-order valence-electron chi connectivity index (χ2n) is 4.33. The van der Waals surface area contributed by atoms with E-state index in [9.17, 15) is 4.39 Å². The average molecular weight is 291 g/mol. The molecule has 0 saturated heterocycles. The van der Waals surface area contributed by atoms with Gasteiger partial charge >= 0.3 is 0 Å². The van der Waals surface area contributed by atoms with Crippen LogP contribution in [-0.4, -0.2) is 0 Å². The van der Waals surface area contributed by atoms with Crippen molar-refractivity contribution in [1.82, 2.24) is 0 Å². The molecule has 1 unspecified atom stereocenters. The van der Waals surface area contributed by atoms with Crippen LogP contribution in [-0.2, 0) is 0 Å². The SMILES string of the molecule is CC(N)c1ccc(Oc2ccc(C#N)cc2F)cc1Cl. The molecule has 102 valence electrons. The van der Waals surface area contributed by atoms with Crippen LogP contribution in [0.2, 0.25) is 5.02 Å². The van der Waals surface area contributed by atoms with Gasteiger partial charge in [0.15, 0.2) is 11.6 Å². The molecule has 0 radical (unpaired) electrons. The van der Waals surface area contributed by atoms with E-state index >= 15 is 0 Å². The fourth-order valence-corrected chi connectivity index (χ4v) is 2.06. The van der Waals surface area contributed by atoms with E-state index in [2.05, 4.69) is 0 Å². The normalized spacial score (nSPS) is 11.8. The molecule has 0 fully saturated rings. The van der Waals surface area contributed by atoms with Gasteiger partial charge < -0.3 is 10.5 Å². The van der Waals surface area contributed by atoms with E-state index in [1.807, 2.05) is 13.0 Å². The Morgan fingerprint density at radius 3 is 2.60 bits per heavy atom. The van der Waals surface area contributed by atoms with Gasteiger partial charge in [-0.2, -0.15) is 5.26 Å².